The number of nitrogens with zero attached hydrogens (tertiary/aromatic N) is 2. The molecule has 11 heteroatoms. The molecule has 1 aromatic carbocycles. The van der Waals surface area contributed by atoms with Gasteiger partial charge < -0.3 is 19.5 Å². The molecule has 0 spiro atoms. The maximum atomic E-state index is 13.0. The summed E-state index contributed by atoms with van der Waals surface area (Å²) < 4.78 is 42.6. The van der Waals surface area contributed by atoms with Gasteiger partial charge in [-0.2, -0.15) is 4.31 Å². The summed E-state index contributed by atoms with van der Waals surface area (Å²) >= 11 is 0. The van der Waals surface area contributed by atoms with Crippen molar-refractivity contribution >= 4 is 27.6 Å². The number of sulfonamides is 1. The fraction of sp³-hybridized carbons (Fsp3) is 0.350. The first-order valence-electron chi connectivity index (χ1n) is 9.57. The van der Waals surface area contributed by atoms with E-state index in [0.29, 0.717) is 25.6 Å². The fourth-order valence-corrected chi connectivity index (χ4v) is 4.37. The molecule has 1 aliphatic rings. The molecular weight excluding hydrogens is 426 g/mol. The van der Waals surface area contributed by atoms with Gasteiger partial charge in [0, 0.05) is 19.3 Å². The van der Waals surface area contributed by atoms with Crippen molar-refractivity contribution in [1.29, 1.82) is 0 Å². The topological polar surface area (TPSA) is 124 Å². The lowest BCUT2D eigenvalue weighted by Crippen LogP contribution is -2.40. The van der Waals surface area contributed by atoms with Crippen molar-refractivity contribution in [1.82, 2.24) is 9.29 Å². The summed E-state index contributed by atoms with van der Waals surface area (Å²) in [6.45, 7) is 3.27. The molecular formula is C20H23N3O7S. The Hall–Kier alpha value is -3.02. The largest absolute Gasteiger partial charge is 0.492 e. The SMILES string of the molecule is CCOc1ccc(S(=O)(=O)N2CCOCC2)cc1NC(=O)c1ccc(C(=O)OC)cn1. The first kappa shape index (κ1) is 22.7. The molecule has 0 radical (unpaired) electrons. The minimum atomic E-state index is -3.76. The average Bonchev–Trinajstić information content (AvgIpc) is 2.80. The summed E-state index contributed by atoms with van der Waals surface area (Å²) in [5.41, 5.74) is 0.434. The van der Waals surface area contributed by atoms with Crippen LogP contribution in [0, 0.1) is 0 Å². The molecule has 31 heavy (non-hydrogen) atoms. The van der Waals surface area contributed by atoms with Gasteiger partial charge in [0.25, 0.3) is 5.91 Å². The lowest BCUT2D eigenvalue weighted by Gasteiger charge is -2.26. The number of esters is 1. The number of rotatable bonds is 7. The number of methoxy groups -OCH3 is 1. The zero-order chi connectivity index (χ0) is 22.4. The number of carbonyl (C=O) groups excluding carboxylic acids is 2. The molecule has 1 aliphatic heterocycles. The number of amides is 1. The molecule has 1 saturated heterocycles. The van der Waals surface area contributed by atoms with Gasteiger partial charge in [0.05, 0.1) is 43.1 Å². The van der Waals surface area contributed by atoms with Crippen molar-refractivity contribution in [2.75, 3.05) is 45.3 Å². The number of benzene rings is 1. The summed E-state index contributed by atoms with van der Waals surface area (Å²) in [5.74, 6) is -0.833. The van der Waals surface area contributed by atoms with Crippen LogP contribution in [0.5, 0.6) is 5.75 Å². The molecule has 1 fully saturated rings. The maximum absolute atomic E-state index is 13.0. The standard InChI is InChI=1S/C20H23N3O7S/c1-3-30-18-7-5-15(31(26,27)23-8-10-29-11-9-23)12-17(18)22-19(24)16-6-4-14(13-21-16)20(25)28-2/h4-7,12-13H,3,8-11H2,1-2H3,(H,22,24). The Bertz CT molecular complexity index is 1050. The van der Waals surface area contributed by atoms with E-state index in [1.54, 1.807) is 6.92 Å². The quantitative estimate of drug-likeness (QED) is 0.631. The van der Waals surface area contributed by atoms with Crippen molar-refractivity contribution in [2.24, 2.45) is 0 Å². The third-order valence-electron chi connectivity index (χ3n) is 4.52. The van der Waals surface area contributed by atoms with Crippen LogP contribution < -0.4 is 10.1 Å². The number of hydrogen-bond acceptors (Lipinski definition) is 8. The molecule has 2 heterocycles. The molecule has 1 amide bonds. The molecule has 3 rings (SSSR count). The van der Waals surface area contributed by atoms with Crippen molar-refractivity contribution < 1.29 is 32.2 Å². The number of hydrogen-bond donors (Lipinski definition) is 1. The summed E-state index contributed by atoms with van der Waals surface area (Å²) in [6, 6.07) is 7.08. The smallest absolute Gasteiger partial charge is 0.339 e. The lowest BCUT2D eigenvalue weighted by molar-refractivity contribution is 0.0600. The molecule has 166 valence electrons. The molecule has 0 bridgehead atoms. The number of morpholine rings is 1. The molecule has 2 aromatic rings. The van der Waals surface area contributed by atoms with Crippen LogP contribution >= 0.6 is 0 Å². The summed E-state index contributed by atoms with van der Waals surface area (Å²) in [4.78, 5) is 28.2. The van der Waals surface area contributed by atoms with Crippen LogP contribution in [-0.2, 0) is 19.5 Å². The molecule has 0 saturated carbocycles. The Kier molecular flexibility index (Phi) is 7.21. The molecule has 0 atom stereocenters. The van der Waals surface area contributed by atoms with Crippen molar-refractivity contribution in [3.8, 4) is 5.75 Å². The predicted octanol–water partition coefficient (Wildman–Crippen LogP) is 1.54. The van der Waals surface area contributed by atoms with Crippen LogP contribution in [0.15, 0.2) is 41.4 Å². The van der Waals surface area contributed by atoms with Gasteiger partial charge in [-0.15, -0.1) is 0 Å². The van der Waals surface area contributed by atoms with Crippen LogP contribution in [0.25, 0.3) is 0 Å². The van der Waals surface area contributed by atoms with Crippen LogP contribution in [0.1, 0.15) is 27.8 Å². The summed E-state index contributed by atoms with van der Waals surface area (Å²) in [7, 11) is -2.51. The first-order valence-corrected chi connectivity index (χ1v) is 11.0. The third-order valence-corrected chi connectivity index (χ3v) is 6.42. The highest BCUT2D eigenvalue weighted by Crippen LogP contribution is 2.30. The van der Waals surface area contributed by atoms with E-state index in [9.17, 15) is 18.0 Å². The van der Waals surface area contributed by atoms with Crippen LogP contribution in [0.2, 0.25) is 0 Å². The van der Waals surface area contributed by atoms with Gasteiger partial charge in [-0.3, -0.25) is 9.78 Å². The van der Waals surface area contributed by atoms with Crippen molar-refractivity contribution in [2.45, 2.75) is 11.8 Å². The Morgan fingerprint density at radius 2 is 1.94 bits per heavy atom. The van der Waals surface area contributed by atoms with Gasteiger partial charge in [0.2, 0.25) is 10.0 Å². The minimum absolute atomic E-state index is 0.0298. The summed E-state index contributed by atoms with van der Waals surface area (Å²) in [5, 5.41) is 2.64. The molecule has 1 aromatic heterocycles. The number of aromatic nitrogens is 1. The van der Waals surface area contributed by atoms with Crippen LogP contribution in [-0.4, -0.2) is 69.6 Å². The number of ether oxygens (including phenoxy) is 3. The second-order valence-corrected chi connectivity index (χ2v) is 8.42. The molecule has 0 aliphatic carbocycles. The minimum Gasteiger partial charge on any atom is -0.492 e. The highest BCUT2D eigenvalue weighted by molar-refractivity contribution is 7.89. The Morgan fingerprint density at radius 3 is 2.55 bits per heavy atom. The average molecular weight is 449 g/mol. The number of nitrogens with one attached hydrogen (secondary N) is 1. The van der Waals surface area contributed by atoms with E-state index in [1.807, 2.05) is 0 Å². The Morgan fingerprint density at radius 1 is 1.19 bits per heavy atom. The predicted molar refractivity (Wildman–Crippen MR) is 111 cm³/mol. The van der Waals surface area contributed by atoms with Gasteiger partial charge in [0.15, 0.2) is 0 Å². The summed E-state index contributed by atoms with van der Waals surface area (Å²) in [6.07, 6.45) is 1.23. The highest BCUT2D eigenvalue weighted by atomic mass is 32.2. The number of anilines is 1. The van der Waals surface area contributed by atoms with Crippen LogP contribution in [0.4, 0.5) is 5.69 Å². The van der Waals surface area contributed by atoms with E-state index in [0.717, 1.165) is 0 Å². The van der Waals surface area contributed by atoms with E-state index in [4.69, 9.17) is 9.47 Å². The van der Waals surface area contributed by atoms with Gasteiger partial charge in [-0.1, -0.05) is 0 Å². The van der Waals surface area contributed by atoms with Gasteiger partial charge in [0.1, 0.15) is 11.4 Å². The van der Waals surface area contributed by atoms with Gasteiger partial charge in [-0.25, -0.2) is 13.2 Å². The van der Waals surface area contributed by atoms with E-state index in [2.05, 4.69) is 15.0 Å². The lowest BCUT2D eigenvalue weighted by atomic mass is 10.2. The third kappa shape index (κ3) is 5.19. The second kappa shape index (κ2) is 9.86. The first-order chi connectivity index (χ1) is 14.9. The van der Waals surface area contributed by atoms with E-state index < -0.39 is 21.9 Å². The Balaban J connectivity index is 1.87. The maximum Gasteiger partial charge on any atom is 0.339 e. The number of carbonyl (C=O) groups is 2. The fourth-order valence-electron chi connectivity index (χ4n) is 2.94. The zero-order valence-electron chi connectivity index (χ0n) is 17.2. The Labute approximate surface area is 180 Å². The van der Waals surface area contributed by atoms with Crippen molar-refractivity contribution in [3.63, 3.8) is 0 Å². The van der Waals surface area contributed by atoms with E-state index in [-0.39, 0.29) is 34.9 Å². The van der Waals surface area contributed by atoms with E-state index in [1.165, 1.54) is 47.9 Å². The molecule has 1 N–H and O–H groups in total. The molecule has 0 unspecified atom stereocenters. The zero-order valence-corrected chi connectivity index (χ0v) is 18.0. The van der Waals surface area contributed by atoms with Crippen LogP contribution in [0.3, 0.4) is 0 Å². The van der Waals surface area contributed by atoms with Crippen molar-refractivity contribution in [3.05, 3.63) is 47.8 Å². The monoisotopic (exact) mass is 449 g/mol. The number of pyridine rings is 1. The second-order valence-electron chi connectivity index (χ2n) is 6.49. The highest BCUT2D eigenvalue weighted by Gasteiger charge is 2.27. The molecule has 10 nitrogen and oxygen atoms in total. The van der Waals surface area contributed by atoms with E-state index >= 15 is 0 Å². The normalized spacial score (nSPS) is 14.6. The van der Waals surface area contributed by atoms with Gasteiger partial charge >= 0.3 is 5.97 Å². The van der Waals surface area contributed by atoms with Gasteiger partial charge in [-0.05, 0) is 37.3 Å².